The molecule has 0 unspecified atom stereocenters. The molecule has 0 spiro atoms. The molecule has 0 fully saturated rings. The van der Waals surface area contributed by atoms with Gasteiger partial charge in [-0.3, -0.25) is 4.79 Å². The van der Waals surface area contributed by atoms with Crippen LogP contribution in [0.15, 0.2) is 5.16 Å². The molecule has 14 heavy (non-hydrogen) atoms. The van der Waals surface area contributed by atoms with E-state index in [0.717, 1.165) is 11.5 Å². The van der Waals surface area contributed by atoms with E-state index in [4.69, 9.17) is 17.3 Å². The van der Waals surface area contributed by atoms with Crippen LogP contribution in [0.1, 0.15) is 5.82 Å². The quantitative estimate of drug-likeness (QED) is 0.470. The number of carbonyl (C=O) groups excluding carboxylic acids is 1. The lowest BCUT2D eigenvalue weighted by atomic mass is 10.4. The fourth-order valence-corrected chi connectivity index (χ4v) is 1.14. The van der Waals surface area contributed by atoms with Crippen molar-refractivity contribution in [3.8, 4) is 0 Å². The summed E-state index contributed by atoms with van der Waals surface area (Å²) < 4.78 is 15.2. The molecule has 0 atom stereocenters. The topological polar surface area (TPSA) is 90.5 Å². The summed E-state index contributed by atoms with van der Waals surface area (Å²) in [6.45, 7) is -1.17. The number of oxime groups is 1. The van der Waals surface area contributed by atoms with Crippen molar-refractivity contribution in [3.05, 3.63) is 5.82 Å². The van der Waals surface area contributed by atoms with E-state index in [0.29, 0.717) is 0 Å². The third kappa shape index (κ3) is 2.60. The van der Waals surface area contributed by atoms with Crippen LogP contribution < -0.4 is 5.73 Å². The van der Waals surface area contributed by atoms with Crippen molar-refractivity contribution in [2.45, 2.75) is 0 Å². The molecule has 1 aromatic rings. The minimum absolute atomic E-state index is 0.0825. The average molecular weight is 239 g/mol. The second kappa shape index (κ2) is 4.82. The molecule has 0 radical (unpaired) electrons. The predicted molar refractivity (Wildman–Crippen MR) is 48.8 cm³/mol. The Morgan fingerprint density at radius 1 is 1.79 bits per heavy atom. The Balaban J connectivity index is 2.94. The monoisotopic (exact) mass is 238 g/mol. The fourth-order valence-electron chi connectivity index (χ4n) is 0.585. The number of rotatable bonds is 4. The number of hydrogen-bond acceptors (Lipinski definition) is 7. The van der Waals surface area contributed by atoms with Gasteiger partial charge in [-0.05, 0) is 11.6 Å². The van der Waals surface area contributed by atoms with Gasteiger partial charge in [0.05, 0.1) is 0 Å². The van der Waals surface area contributed by atoms with Crippen molar-refractivity contribution in [3.63, 3.8) is 0 Å². The zero-order chi connectivity index (χ0) is 10.6. The molecule has 2 N–H and O–H groups in total. The first kappa shape index (κ1) is 10.8. The third-order valence-electron chi connectivity index (χ3n) is 1.04. The van der Waals surface area contributed by atoms with E-state index in [1.165, 1.54) is 0 Å². The lowest BCUT2D eigenvalue weighted by Gasteiger charge is -1.93. The summed E-state index contributed by atoms with van der Waals surface area (Å²) in [4.78, 5) is 18.4. The molecule has 0 saturated heterocycles. The number of nitrogen functional groups attached to an aromatic ring is 1. The molecule has 0 amide bonds. The lowest BCUT2D eigenvalue weighted by molar-refractivity contribution is -0.106. The van der Waals surface area contributed by atoms with Crippen molar-refractivity contribution in [1.29, 1.82) is 0 Å². The van der Waals surface area contributed by atoms with Crippen LogP contribution in [0.25, 0.3) is 0 Å². The molecule has 0 aromatic carbocycles. The summed E-state index contributed by atoms with van der Waals surface area (Å²) in [6.07, 6.45) is 0. The van der Waals surface area contributed by atoms with Crippen molar-refractivity contribution in [2.24, 2.45) is 5.16 Å². The van der Waals surface area contributed by atoms with Gasteiger partial charge in [0.2, 0.25) is 11.5 Å². The minimum Gasteiger partial charge on any atom is -0.374 e. The van der Waals surface area contributed by atoms with E-state index < -0.39 is 12.1 Å². The maximum absolute atomic E-state index is 11.6. The van der Waals surface area contributed by atoms with E-state index in [1.807, 2.05) is 0 Å². The first-order valence-corrected chi connectivity index (χ1v) is 4.35. The number of nitrogens with two attached hydrogens (primary N) is 1. The Morgan fingerprint density at radius 2 is 2.50 bits per heavy atom. The van der Waals surface area contributed by atoms with Gasteiger partial charge in [0.25, 0.3) is 12.1 Å². The van der Waals surface area contributed by atoms with Crippen LogP contribution in [0.4, 0.5) is 9.52 Å². The van der Waals surface area contributed by atoms with Gasteiger partial charge in [-0.25, -0.2) is 4.39 Å². The molecule has 9 heteroatoms. The van der Waals surface area contributed by atoms with Gasteiger partial charge >= 0.3 is 0 Å². The second-order valence-electron chi connectivity index (χ2n) is 1.91. The van der Waals surface area contributed by atoms with Gasteiger partial charge in [0.15, 0.2) is 5.13 Å². The molecule has 76 valence electrons. The molecule has 0 bridgehead atoms. The normalized spacial score (nSPS) is 11.4. The lowest BCUT2D eigenvalue weighted by Crippen LogP contribution is -2.12. The number of aromatic nitrogens is 2. The van der Waals surface area contributed by atoms with Crippen molar-refractivity contribution < 1.29 is 14.0 Å². The van der Waals surface area contributed by atoms with E-state index in [9.17, 15) is 9.18 Å². The third-order valence-corrected chi connectivity index (χ3v) is 1.77. The van der Waals surface area contributed by atoms with Crippen molar-refractivity contribution in [2.75, 3.05) is 12.6 Å². The average Bonchev–Trinajstić information content (AvgIpc) is 2.52. The number of anilines is 1. The van der Waals surface area contributed by atoms with E-state index in [1.54, 1.807) is 0 Å². The summed E-state index contributed by atoms with van der Waals surface area (Å²) in [7, 11) is 0. The van der Waals surface area contributed by atoms with Crippen LogP contribution in [0, 0.1) is 0 Å². The van der Waals surface area contributed by atoms with Crippen LogP contribution in [0.2, 0.25) is 0 Å². The molecular formula is C5H4ClFN4O2S. The highest BCUT2D eigenvalue weighted by atomic mass is 35.5. The highest BCUT2D eigenvalue weighted by Crippen LogP contribution is 2.08. The van der Waals surface area contributed by atoms with Crippen LogP contribution in [0.5, 0.6) is 0 Å². The molecule has 1 aromatic heterocycles. The molecule has 0 saturated carbocycles. The van der Waals surface area contributed by atoms with Crippen molar-refractivity contribution >= 4 is 39.2 Å². The Labute approximate surface area is 86.7 Å². The molecule has 1 heterocycles. The molecular weight excluding hydrogens is 235 g/mol. The number of carbonyl (C=O) groups is 1. The summed E-state index contributed by atoms with van der Waals surface area (Å²) in [5.74, 6) is -0.0825. The molecule has 6 nitrogen and oxygen atoms in total. The Bertz CT molecular complexity index is 368. The molecule has 1 rings (SSSR count). The zero-order valence-corrected chi connectivity index (χ0v) is 8.18. The van der Waals surface area contributed by atoms with Gasteiger partial charge in [-0.1, -0.05) is 5.16 Å². The number of hydrogen-bond donors (Lipinski definition) is 1. The van der Waals surface area contributed by atoms with Crippen LogP contribution >= 0.6 is 23.1 Å². The Morgan fingerprint density at radius 3 is 2.93 bits per heavy atom. The smallest absolute Gasteiger partial charge is 0.278 e. The zero-order valence-electron chi connectivity index (χ0n) is 6.61. The highest BCUT2D eigenvalue weighted by Gasteiger charge is 2.17. The van der Waals surface area contributed by atoms with Crippen LogP contribution in [-0.2, 0) is 9.63 Å². The first-order chi connectivity index (χ1) is 6.65. The highest BCUT2D eigenvalue weighted by molar-refractivity contribution is 7.09. The maximum Gasteiger partial charge on any atom is 0.278 e. The van der Waals surface area contributed by atoms with Gasteiger partial charge in [0, 0.05) is 11.5 Å². The number of halogens is 2. The van der Waals surface area contributed by atoms with Crippen molar-refractivity contribution in [1.82, 2.24) is 9.36 Å². The summed E-state index contributed by atoms with van der Waals surface area (Å²) in [5.41, 5.74) is 4.89. The van der Waals surface area contributed by atoms with E-state index in [-0.39, 0.29) is 16.7 Å². The minimum atomic E-state index is -1.17. The standard InChI is InChI=1S/C5H4ClFN4O2S/c6-3(12)2(10-13-1-7)4-9-5(8)14-11-4/h1H2,(H2,8,9,11). The van der Waals surface area contributed by atoms with Gasteiger partial charge < -0.3 is 10.6 Å². The van der Waals surface area contributed by atoms with E-state index in [2.05, 4.69) is 19.4 Å². The number of nitrogens with zero attached hydrogens (tertiary/aromatic N) is 3. The summed E-state index contributed by atoms with van der Waals surface area (Å²) >= 11 is 5.99. The predicted octanol–water partition coefficient (Wildman–Crippen LogP) is 0.533. The van der Waals surface area contributed by atoms with Crippen LogP contribution in [-0.4, -0.2) is 27.2 Å². The molecule has 0 aliphatic rings. The first-order valence-electron chi connectivity index (χ1n) is 3.20. The summed E-state index contributed by atoms with van der Waals surface area (Å²) in [6, 6.07) is 0. The molecule has 0 aliphatic heterocycles. The van der Waals surface area contributed by atoms with Crippen LogP contribution in [0.3, 0.4) is 0 Å². The largest absolute Gasteiger partial charge is 0.374 e. The summed E-state index contributed by atoms with van der Waals surface area (Å²) in [5, 5.41) is 2.31. The van der Waals surface area contributed by atoms with Gasteiger partial charge in [-0.15, -0.1) is 0 Å². The maximum atomic E-state index is 11.6. The SMILES string of the molecule is Nc1nc(C(=NOCF)C(=O)Cl)ns1. The Hall–Kier alpha value is -1.28. The van der Waals surface area contributed by atoms with E-state index >= 15 is 0 Å². The van der Waals surface area contributed by atoms with Gasteiger partial charge in [0.1, 0.15) is 0 Å². The molecule has 0 aliphatic carbocycles. The Kier molecular flexibility index (Phi) is 3.72. The van der Waals surface area contributed by atoms with Gasteiger partial charge in [-0.2, -0.15) is 9.36 Å². The second-order valence-corrected chi connectivity index (χ2v) is 3.03. The fraction of sp³-hybridized carbons (Fsp3) is 0.200. The number of alkyl halides is 1.